The molecule has 0 aliphatic rings. The van der Waals surface area contributed by atoms with E-state index < -0.39 is 5.82 Å². The van der Waals surface area contributed by atoms with Crippen molar-refractivity contribution in [3.63, 3.8) is 0 Å². The fourth-order valence-electron chi connectivity index (χ4n) is 1.54. The molecule has 0 saturated carbocycles. The highest BCUT2D eigenvalue weighted by molar-refractivity contribution is 6.30. The number of hydrogen-bond donors (Lipinski definition) is 0. The lowest BCUT2D eigenvalue weighted by molar-refractivity contribution is 0.597. The molecule has 0 atom stereocenters. The Morgan fingerprint density at radius 1 is 1.24 bits per heavy atom. The van der Waals surface area contributed by atoms with Crippen LogP contribution < -0.4 is 0 Å². The van der Waals surface area contributed by atoms with Gasteiger partial charge in [0.05, 0.1) is 6.20 Å². The second kappa shape index (κ2) is 3.82. The van der Waals surface area contributed by atoms with Gasteiger partial charge < -0.3 is 4.42 Å². The second-order valence-corrected chi connectivity index (χ2v) is 3.94. The van der Waals surface area contributed by atoms with Crippen molar-refractivity contribution in [1.82, 2.24) is 9.97 Å². The molecule has 0 bridgehead atoms. The van der Waals surface area contributed by atoms with Crippen molar-refractivity contribution < 1.29 is 8.81 Å². The van der Waals surface area contributed by atoms with Gasteiger partial charge in [-0.3, -0.25) is 0 Å². The molecule has 2 aromatic heterocycles. The van der Waals surface area contributed by atoms with Gasteiger partial charge in [0, 0.05) is 16.7 Å². The van der Waals surface area contributed by atoms with Crippen molar-refractivity contribution in [3.8, 4) is 11.5 Å². The summed E-state index contributed by atoms with van der Waals surface area (Å²) in [4.78, 5) is 7.97. The normalized spacial score (nSPS) is 10.9. The van der Waals surface area contributed by atoms with E-state index in [0.717, 1.165) is 11.8 Å². The van der Waals surface area contributed by atoms with E-state index in [1.807, 2.05) is 6.07 Å². The highest BCUT2D eigenvalue weighted by atomic mass is 35.5. The maximum atomic E-state index is 12.9. The zero-order chi connectivity index (χ0) is 11.8. The number of fused-ring (bicyclic) bond motifs is 1. The topological polar surface area (TPSA) is 38.9 Å². The Kier molecular flexibility index (Phi) is 2.30. The summed E-state index contributed by atoms with van der Waals surface area (Å²) in [6.07, 6.45) is 1.09. The summed E-state index contributed by atoms with van der Waals surface area (Å²) in [7, 11) is 0. The van der Waals surface area contributed by atoms with E-state index in [4.69, 9.17) is 16.0 Å². The highest BCUT2D eigenvalue weighted by Crippen LogP contribution is 2.25. The molecule has 0 saturated heterocycles. The standard InChI is InChI=1S/C12H6ClFN2O/c13-8-3-1-2-7(4-8)11-16-10-5-9(14)6-15-12(10)17-11/h1-6H. The second-order valence-electron chi connectivity index (χ2n) is 3.51. The van der Waals surface area contributed by atoms with Crippen LogP contribution in [0.1, 0.15) is 0 Å². The number of halogens is 2. The molecule has 17 heavy (non-hydrogen) atoms. The van der Waals surface area contributed by atoms with E-state index >= 15 is 0 Å². The Labute approximate surface area is 101 Å². The van der Waals surface area contributed by atoms with Crippen LogP contribution in [0.5, 0.6) is 0 Å². The van der Waals surface area contributed by atoms with Crippen LogP contribution in [0.25, 0.3) is 22.7 Å². The van der Waals surface area contributed by atoms with E-state index in [0.29, 0.717) is 22.1 Å². The molecule has 0 amide bonds. The molecule has 0 aliphatic heterocycles. The Morgan fingerprint density at radius 3 is 2.94 bits per heavy atom. The van der Waals surface area contributed by atoms with Crippen molar-refractivity contribution in [1.29, 1.82) is 0 Å². The van der Waals surface area contributed by atoms with E-state index in [1.54, 1.807) is 18.2 Å². The van der Waals surface area contributed by atoms with E-state index in [1.165, 1.54) is 6.07 Å². The highest BCUT2D eigenvalue weighted by Gasteiger charge is 2.09. The van der Waals surface area contributed by atoms with Crippen LogP contribution in [0.4, 0.5) is 4.39 Å². The first-order valence-electron chi connectivity index (χ1n) is 4.90. The third-order valence-corrected chi connectivity index (χ3v) is 2.52. The van der Waals surface area contributed by atoms with Crippen LogP contribution in [0, 0.1) is 5.82 Å². The molecule has 0 aliphatic carbocycles. The molecule has 5 heteroatoms. The molecule has 3 nitrogen and oxygen atoms in total. The van der Waals surface area contributed by atoms with Gasteiger partial charge in [0.15, 0.2) is 0 Å². The number of benzene rings is 1. The molecule has 3 aromatic rings. The molecule has 3 rings (SSSR count). The Balaban J connectivity index is 2.18. The molecule has 1 aromatic carbocycles. The van der Waals surface area contributed by atoms with E-state index in [9.17, 15) is 4.39 Å². The minimum Gasteiger partial charge on any atom is -0.418 e. The number of rotatable bonds is 1. The summed E-state index contributed by atoms with van der Waals surface area (Å²) in [5.74, 6) is -0.0657. The number of aromatic nitrogens is 2. The van der Waals surface area contributed by atoms with Crippen LogP contribution in [0.3, 0.4) is 0 Å². The van der Waals surface area contributed by atoms with Gasteiger partial charge >= 0.3 is 0 Å². The summed E-state index contributed by atoms with van der Waals surface area (Å²) < 4.78 is 18.4. The van der Waals surface area contributed by atoms with Gasteiger partial charge in [-0.2, -0.15) is 0 Å². The third kappa shape index (κ3) is 1.87. The van der Waals surface area contributed by atoms with Crippen LogP contribution in [0.2, 0.25) is 5.02 Å². The first-order chi connectivity index (χ1) is 8.22. The summed E-state index contributed by atoms with van der Waals surface area (Å²) in [5, 5.41) is 0.587. The van der Waals surface area contributed by atoms with Crippen molar-refractivity contribution in [2.75, 3.05) is 0 Å². The average Bonchev–Trinajstić information content (AvgIpc) is 2.72. The fraction of sp³-hybridized carbons (Fsp3) is 0. The van der Waals surface area contributed by atoms with E-state index in [2.05, 4.69) is 9.97 Å². The molecule has 0 radical (unpaired) electrons. The predicted molar refractivity (Wildman–Crippen MR) is 62.2 cm³/mol. The minimum atomic E-state index is -0.441. The molecule has 0 spiro atoms. The van der Waals surface area contributed by atoms with E-state index in [-0.39, 0.29) is 0 Å². The smallest absolute Gasteiger partial charge is 0.247 e. The number of hydrogen-bond acceptors (Lipinski definition) is 3. The number of nitrogens with zero attached hydrogens (tertiary/aromatic N) is 2. The quantitative estimate of drug-likeness (QED) is 0.659. The van der Waals surface area contributed by atoms with Crippen LogP contribution in [0.15, 0.2) is 40.9 Å². The molecular weight excluding hydrogens is 243 g/mol. The summed E-state index contributed by atoms with van der Waals surface area (Å²) in [6, 6.07) is 8.36. The van der Waals surface area contributed by atoms with Gasteiger partial charge in [0.1, 0.15) is 11.3 Å². The van der Waals surface area contributed by atoms with Gasteiger partial charge in [0.2, 0.25) is 11.6 Å². The van der Waals surface area contributed by atoms with Gasteiger partial charge in [0.25, 0.3) is 0 Å². The van der Waals surface area contributed by atoms with Crippen LogP contribution in [-0.4, -0.2) is 9.97 Å². The van der Waals surface area contributed by atoms with Crippen molar-refractivity contribution >= 4 is 22.8 Å². The summed E-state index contributed by atoms with van der Waals surface area (Å²) in [5.41, 5.74) is 1.43. The molecule has 84 valence electrons. The van der Waals surface area contributed by atoms with Crippen molar-refractivity contribution in [3.05, 3.63) is 47.4 Å². The lowest BCUT2D eigenvalue weighted by Gasteiger charge is -1.94. The number of oxazole rings is 1. The third-order valence-electron chi connectivity index (χ3n) is 2.29. The van der Waals surface area contributed by atoms with Gasteiger partial charge in [-0.25, -0.2) is 14.4 Å². The first-order valence-corrected chi connectivity index (χ1v) is 5.28. The van der Waals surface area contributed by atoms with Gasteiger partial charge in [-0.15, -0.1) is 0 Å². The lowest BCUT2D eigenvalue weighted by atomic mass is 10.2. The molecular formula is C12H6ClFN2O. The molecule has 0 unspecified atom stereocenters. The largest absolute Gasteiger partial charge is 0.418 e. The SMILES string of the molecule is Fc1cnc2oc(-c3cccc(Cl)c3)nc2c1. The maximum Gasteiger partial charge on any atom is 0.247 e. The lowest BCUT2D eigenvalue weighted by Crippen LogP contribution is -1.78. The molecule has 0 N–H and O–H groups in total. The van der Waals surface area contributed by atoms with Crippen LogP contribution >= 0.6 is 11.6 Å². The monoisotopic (exact) mass is 248 g/mol. The Morgan fingerprint density at radius 2 is 2.12 bits per heavy atom. The summed E-state index contributed by atoms with van der Waals surface area (Å²) >= 11 is 5.87. The maximum absolute atomic E-state index is 12.9. The average molecular weight is 249 g/mol. The zero-order valence-electron chi connectivity index (χ0n) is 8.52. The first kappa shape index (κ1) is 10.2. The number of pyridine rings is 1. The van der Waals surface area contributed by atoms with Crippen molar-refractivity contribution in [2.45, 2.75) is 0 Å². The Bertz CT molecular complexity index is 696. The zero-order valence-corrected chi connectivity index (χ0v) is 9.28. The van der Waals surface area contributed by atoms with Gasteiger partial charge in [-0.1, -0.05) is 17.7 Å². The predicted octanol–water partition coefficient (Wildman–Crippen LogP) is 3.68. The van der Waals surface area contributed by atoms with Crippen molar-refractivity contribution in [2.24, 2.45) is 0 Å². The van der Waals surface area contributed by atoms with Crippen LogP contribution in [-0.2, 0) is 0 Å². The molecule has 2 heterocycles. The molecule has 0 fully saturated rings. The van der Waals surface area contributed by atoms with Gasteiger partial charge in [-0.05, 0) is 18.2 Å². The minimum absolute atomic E-state index is 0.307. The summed E-state index contributed by atoms with van der Waals surface area (Å²) in [6.45, 7) is 0. The fourth-order valence-corrected chi connectivity index (χ4v) is 1.73. The Hall–Kier alpha value is -1.94.